The van der Waals surface area contributed by atoms with E-state index >= 15 is 0 Å². The third-order valence-electron chi connectivity index (χ3n) is 2.32. The topological polar surface area (TPSA) is 27.7 Å². The zero-order valence-corrected chi connectivity index (χ0v) is 12.1. The highest BCUT2D eigenvalue weighted by Gasteiger charge is 2.48. The Bertz CT molecular complexity index is 389. The van der Waals surface area contributed by atoms with E-state index in [1.54, 1.807) is 20.8 Å². The molecule has 0 heterocycles. The summed E-state index contributed by atoms with van der Waals surface area (Å²) in [6.45, 7) is 5.50. The molecule has 19 heavy (non-hydrogen) atoms. The molecular formula is C12H17F3O3Si. The van der Waals surface area contributed by atoms with Gasteiger partial charge in [-0.15, -0.1) is 0 Å². The second kappa shape index (κ2) is 7.04. The van der Waals surface area contributed by atoms with E-state index in [4.69, 9.17) is 13.3 Å². The molecule has 1 aromatic rings. The average molecular weight is 294 g/mol. The van der Waals surface area contributed by atoms with Crippen molar-refractivity contribution >= 4 is 14.0 Å². The molecule has 0 aromatic heterocycles. The van der Waals surface area contributed by atoms with Crippen molar-refractivity contribution in [2.75, 3.05) is 19.8 Å². The van der Waals surface area contributed by atoms with Gasteiger partial charge in [0.2, 0.25) is 0 Å². The van der Waals surface area contributed by atoms with E-state index in [9.17, 15) is 13.2 Å². The lowest BCUT2D eigenvalue weighted by Gasteiger charge is -2.29. The van der Waals surface area contributed by atoms with Crippen LogP contribution in [-0.4, -0.2) is 28.6 Å². The fourth-order valence-electron chi connectivity index (χ4n) is 1.75. The van der Waals surface area contributed by atoms with Crippen LogP contribution in [0.15, 0.2) is 12.1 Å². The Kier molecular flexibility index (Phi) is 5.99. The van der Waals surface area contributed by atoms with Gasteiger partial charge < -0.3 is 13.3 Å². The second-order valence-electron chi connectivity index (χ2n) is 3.60. The third kappa shape index (κ3) is 3.56. The monoisotopic (exact) mass is 294 g/mol. The van der Waals surface area contributed by atoms with Crippen molar-refractivity contribution < 1.29 is 26.4 Å². The maximum Gasteiger partial charge on any atom is 0.543 e. The zero-order chi connectivity index (χ0) is 14.5. The van der Waals surface area contributed by atoms with Crippen molar-refractivity contribution in [2.24, 2.45) is 0 Å². The van der Waals surface area contributed by atoms with Gasteiger partial charge in [-0.2, -0.15) is 0 Å². The predicted octanol–water partition coefficient (Wildman–Crippen LogP) is 2.36. The Morgan fingerprint density at radius 1 is 0.842 bits per heavy atom. The SMILES string of the molecule is CCO[Si](OCC)(OCC)c1c(F)cc(F)cc1F. The first kappa shape index (κ1) is 16.2. The summed E-state index contributed by atoms with van der Waals surface area (Å²) < 4.78 is 56.9. The Hall–Kier alpha value is -0.893. The summed E-state index contributed by atoms with van der Waals surface area (Å²) in [5.74, 6) is -3.11. The lowest BCUT2D eigenvalue weighted by Crippen LogP contribution is -2.59. The van der Waals surface area contributed by atoms with Crippen molar-refractivity contribution in [3.05, 3.63) is 29.6 Å². The molecule has 0 atom stereocenters. The molecule has 1 aromatic carbocycles. The molecular weight excluding hydrogens is 277 g/mol. The van der Waals surface area contributed by atoms with Crippen LogP contribution in [0.1, 0.15) is 20.8 Å². The molecule has 0 aliphatic carbocycles. The Morgan fingerprint density at radius 3 is 1.53 bits per heavy atom. The quantitative estimate of drug-likeness (QED) is 0.723. The van der Waals surface area contributed by atoms with Crippen LogP contribution < -0.4 is 5.19 Å². The van der Waals surface area contributed by atoms with E-state index in [0.717, 1.165) is 0 Å². The highest BCUT2D eigenvalue weighted by Crippen LogP contribution is 2.16. The van der Waals surface area contributed by atoms with E-state index in [1.165, 1.54) is 0 Å². The molecule has 0 spiro atoms. The van der Waals surface area contributed by atoms with Gasteiger partial charge in [0.05, 0.1) is 5.19 Å². The first-order chi connectivity index (χ1) is 9.00. The van der Waals surface area contributed by atoms with Crippen LogP contribution in [0.2, 0.25) is 0 Å². The standard InChI is InChI=1S/C12H17F3O3Si/c1-4-16-19(17-5-2,18-6-3)12-10(14)7-9(13)8-11(12)15/h7-8H,4-6H2,1-3H3. The predicted molar refractivity (Wildman–Crippen MR) is 66.6 cm³/mol. The van der Waals surface area contributed by atoms with Crippen LogP contribution in [0, 0.1) is 17.5 Å². The van der Waals surface area contributed by atoms with Gasteiger partial charge in [-0.3, -0.25) is 0 Å². The molecule has 0 saturated heterocycles. The molecule has 0 fully saturated rings. The number of benzene rings is 1. The molecule has 0 saturated carbocycles. The van der Waals surface area contributed by atoms with Gasteiger partial charge in [-0.25, -0.2) is 13.2 Å². The van der Waals surface area contributed by atoms with Gasteiger partial charge in [0.25, 0.3) is 0 Å². The van der Waals surface area contributed by atoms with E-state index in [2.05, 4.69) is 0 Å². The minimum atomic E-state index is -3.70. The molecule has 7 heteroatoms. The van der Waals surface area contributed by atoms with Crippen LogP contribution in [0.4, 0.5) is 13.2 Å². The summed E-state index contributed by atoms with van der Waals surface area (Å²) in [6.07, 6.45) is 0. The summed E-state index contributed by atoms with van der Waals surface area (Å²) in [5, 5.41) is -0.445. The Labute approximate surface area is 111 Å². The van der Waals surface area contributed by atoms with Crippen LogP contribution >= 0.6 is 0 Å². The second-order valence-corrected chi connectivity index (χ2v) is 6.08. The minimum absolute atomic E-state index is 0.169. The summed E-state index contributed by atoms with van der Waals surface area (Å²) in [5.41, 5.74) is 0. The maximum absolute atomic E-state index is 13.9. The van der Waals surface area contributed by atoms with Crippen molar-refractivity contribution in [3.63, 3.8) is 0 Å². The van der Waals surface area contributed by atoms with Gasteiger partial charge in [0, 0.05) is 32.0 Å². The molecule has 108 valence electrons. The van der Waals surface area contributed by atoms with Gasteiger partial charge in [0.15, 0.2) is 0 Å². The van der Waals surface area contributed by atoms with E-state index in [-0.39, 0.29) is 19.8 Å². The van der Waals surface area contributed by atoms with Crippen LogP contribution in [-0.2, 0) is 13.3 Å². The van der Waals surface area contributed by atoms with Gasteiger partial charge in [-0.05, 0) is 20.8 Å². The molecule has 0 N–H and O–H groups in total. The van der Waals surface area contributed by atoms with Gasteiger partial charge in [0.1, 0.15) is 17.5 Å². The summed E-state index contributed by atoms with van der Waals surface area (Å²) in [6, 6.07) is 1.19. The van der Waals surface area contributed by atoms with Crippen LogP contribution in [0.5, 0.6) is 0 Å². The number of hydrogen-bond acceptors (Lipinski definition) is 3. The molecule has 0 aliphatic rings. The molecule has 0 aliphatic heterocycles. The smallest absolute Gasteiger partial charge is 0.370 e. The summed E-state index contributed by atoms with van der Waals surface area (Å²) in [7, 11) is -3.70. The molecule has 1 rings (SSSR count). The largest absolute Gasteiger partial charge is 0.543 e. The average Bonchev–Trinajstić information content (AvgIpc) is 2.28. The molecule has 0 bridgehead atoms. The van der Waals surface area contributed by atoms with E-state index in [0.29, 0.717) is 12.1 Å². The summed E-state index contributed by atoms with van der Waals surface area (Å²) in [4.78, 5) is 0. The van der Waals surface area contributed by atoms with Gasteiger partial charge in [-0.1, -0.05) is 0 Å². The maximum atomic E-state index is 13.9. The fraction of sp³-hybridized carbons (Fsp3) is 0.500. The Morgan fingerprint density at radius 2 is 1.21 bits per heavy atom. The highest BCUT2D eigenvalue weighted by molar-refractivity contribution is 6.75. The van der Waals surface area contributed by atoms with E-state index < -0.39 is 31.4 Å². The van der Waals surface area contributed by atoms with Gasteiger partial charge >= 0.3 is 8.80 Å². The molecule has 0 unspecified atom stereocenters. The molecule has 0 amide bonds. The Balaban J connectivity index is 3.37. The summed E-state index contributed by atoms with van der Waals surface area (Å²) >= 11 is 0. The van der Waals surface area contributed by atoms with Crippen molar-refractivity contribution in [3.8, 4) is 0 Å². The number of rotatable bonds is 7. The van der Waals surface area contributed by atoms with Crippen molar-refractivity contribution in [2.45, 2.75) is 20.8 Å². The van der Waals surface area contributed by atoms with Crippen molar-refractivity contribution in [1.82, 2.24) is 0 Å². The van der Waals surface area contributed by atoms with Crippen LogP contribution in [0.25, 0.3) is 0 Å². The number of hydrogen-bond donors (Lipinski definition) is 0. The van der Waals surface area contributed by atoms with E-state index in [1.807, 2.05) is 0 Å². The first-order valence-electron chi connectivity index (χ1n) is 6.07. The number of halogens is 3. The zero-order valence-electron chi connectivity index (χ0n) is 11.1. The minimum Gasteiger partial charge on any atom is -0.370 e. The lowest BCUT2D eigenvalue weighted by atomic mass is 10.3. The third-order valence-corrected chi connectivity index (χ3v) is 5.41. The lowest BCUT2D eigenvalue weighted by molar-refractivity contribution is 0.0844. The normalized spacial score (nSPS) is 11.9. The van der Waals surface area contributed by atoms with Crippen LogP contribution in [0.3, 0.4) is 0 Å². The first-order valence-corrected chi connectivity index (χ1v) is 7.80. The fourth-order valence-corrected chi connectivity index (χ4v) is 4.30. The van der Waals surface area contributed by atoms with Crippen molar-refractivity contribution in [1.29, 1.82) is 0 Å². The highest BCUT2D eigenvalue weighted by atomic mass is 28.4. The molecule has 0 radical (unpaired) electrons. The molecule has 3 nitrogen and oxygen atoms in total.